The maximum atomic E-state index is 11.6. The Morgan fingerprint density at radius 1 is 1.53 bits per heavy atom. The minimum absolute atomic E-state index is 0.0731. The molecule has 2 N–H and O–H groups in total. The number of nitrogens with two attached hydrogens (primary N) is 1. The van der Waals surface area contributed by atoms with Gasteiger partial charge in [-0.25, -0.2) is 0 Å². The molecule has 1 atom stereocenters. The quantitative estimate of drug-likeness (QED) is 0.806. The fourth-order valence-corrected chi connectivity index (χ4v) is 1.39. The highest BCUT2D eigenvalue weighted by atomic mass is 16.5. The van der Waals surface area contributed by atoms with Crippen molar-refractivity contribution in [2.75, 3.05) is 20.6 Å². The Labute approximate surface area is 102 Å². The lowest BCUT2D eigenvalue weighted by Crippen LogP contribution is -2.35. The fraction of sp³-hybridized carbons (Fsp3) is 0.500. The number of hydrogen-bond donors (Lipinski definition) is 1. The Kier molecular flexibility index (Phi) is 4.90. The van der Waals surface area contributed by atoms with Crippen LogP contribution in [-0.2, 0) is 11.2 Å². The average Bonchev–Trinajstić information content (AvgIpc) is 2.30. The third kappa shape index (κ3) is 4.03. The van der Waals surface area contributed by atoms with Crippen molar-refractivity contribution in [2.24, 2.45) is 5.73 Å². The van der Waals surface area contributed by atoms with E-state index >= 15 is 0 Å². The highest BCUT2D eigenvalue weighted by Gasteiger charge is 2.16. The average molecular weight is 237 g/mol. The summed E-state index contributed by atoms with van der Waals surface area (Å²) >= 11 is 0. The summed E-state index contributed by atoms with van der Waals surface area (Å²) in [5, 5.41) is 0. The SMILES string of the molecule is CC(Oc1ccc(CCN)nc1)C(=O)N(C)C. The van der Waals surface area contributed by atoms with E-state index in [-0.39, 0.29) is 5.91 Å². The zero-order valence-corrected chi connectivity index (χ0v) is 10.5. The summed E-state index contributed by atoms with van der Waals surface area (Å²) in [6.07, 6.45) is 1.85. The molecule has 1 rings (SSSR count). The molecule has 0 fully saturated rings. The van der Waals surface area contributed by atoms with Gasteiger partial charge in [-0.05, 0) is 25.6 Å². The lowest BCUT2D eigenvalue weighted by Gasteiger charge is -2.18. The lowest BCUT2D eigenvalue weighted by atomic mass is 10.2. The Morgan fingerprint density at radius 3 is 2.71 bits per heavy atom. The van der Waals surface area contributed by atoms with E-state index < -0.39 is 6.10 Å². The smallest absolute Gasteiger partial charge is 0.262 e. The van der Waals surface area contributed by atoms with E-state index in [0.29, 0.717) is 12.3 Å². The molecule has 0 aliphatic carbocycles. The molecule has 1 heterocycles. The standard InChI is InChI=1S/C12H19N3O2/c1-9(12(16)15(2)3)17-11-5-4-10(6-7-13)14-8-11/h4-5,8-9H,6-7,13H2,1-3H3. The number of amides is 1. The first-order valence-corrected chi connectivity index (χ1v) is 5.57. The molecule has 94 valence electrons. The van der Waals surface area contributed by atoms with Crippen LogP contribution in [0.3, 0.4) is 0 Å². The maximum absolute atomic E-state index is 11.6. The minimum atomic E-state index is -0.507. The van der Waals surface area contributed by atoms with Crippen LogP contribution in [0, 0.1) is 0 Å². The van der Waals surface area contributed by atoms with E-state index in [0.717, 1.165) is 12.1 Å². The molecule has 17 heavy (non-hydrogen) atoms. The van der Waals surface area contributed by atoms with Crippen LogP contribution < -0.4 is 10.5 Å². The van der Waals surface area contributed by atoms with Crippen LogP contribution in [0.1, 0.15) is 12.6 Å². The fourth-order valence-electron chi connectivity index (χ4n) is 1.39. The van der Waals surface area contributed by atoms with Crippen molar-refractivity contribution in [3.63, 3.8) is 0 Å². The second-order valence-corrected chi connectivity index (χ2v) is 4.02. The Hall–Kier alpha value is -1.62. The summed E-state index contributed by atoms with van der Waals surface area (Å²) < 4.78 is 5.49. The summed E-state index contributed by atoms with van der Waals surface area (Å²) in [6.45, 7) is 2.29. The van der Waals surface area contributed by atoms with Gasteiger partial charge in [-0.2, -0.15) is 0 Å². The molecule has 0 aromatic carbocycles. The number of aromatic nitrogens is 1. The number of likely N-dealkylation sites (N-methyl/N-ethyl adjacent to an activating group) is 1. The zero-order chi connectivity index (χ0) is 12.8. The van der Waals surface area contributed by atoms with E-state index in [2.05, 4.69) is 4.98 Å². The van der Waals surface area contributed by atoms with Gasteiger partial charge in [0.1, 0.15) is 5.75 Å². The van der Waals surface area contributed by atoms with Crippen molar-refractivity contribution in [3.8, 4) is 5.75 Å². The van der Waals surface area contributed by atoms with Gasteiger partial charge in [0.05, 0.1) is 6.20 Å². The number of rotatable bonds is 5. The molecule has 0 saturated heterocycles. The topological polar surface area (TPSA) is 68.5 Å². The maximum Gasteiger partial charge on any atom is 0.262 e. The molecule has 0 saturated carbocycles. The largest absolute Gasteiger partial charge is 0.479 e. The Morgan fingerprint density at radius 2 is 2.24 bits per heavy atom. The number of nitrogens with zero attached hydrogens (tertiary/aromatic N) is 2. The molecular weight excluding hydrogens is 218 g/mol. The molecule has 1 unspecified atom stereocenters. The van der Waals surface area contributed by atoms with Gasteiger partial charge in [-0.15, -0.1) is 0 Å². The van der Waals surface area contributed by atoms with Gasteiger partial charge >= 0.3 is 0 Å². The first-order chi connectivity index (χ1) is 8.04. The predicted molar refractivity (Wildman–Crippen MR) is 65.8 cm³/mol. The van der Waals surface area contributed by atoms with Gasteiger partial charge in [0, 0.05) is 26.2 Å². The third-order valence-electron chi connectivity index (χ3n) is 2.30. The normalized spacial score (nSPS) is 12.0. The number of carbonyl (C=O) groups excluding carboxylic acids is 1. The van der Waals surface area contributed by atoms with Crippen LogP contribution >= 0.6 is 0 Å². The lowest BCUT2D eigenvalue weighted by molar-refractivity contribution is -0.135. The molecule has 0 spiro atoms. The number of pyridine rings is 1. The predicted octanol–water partition coefficient (Wildman–Crippen LogP) is 0.438. The van der Waals surface area contributed by atoms with Crippen molar-refractivity contribution in [3.05, 3.63) is 24.0 Å². The summed E-state index contributed by atoms with van der Waals surface area (Å²) in [5.74, 6) is 0.518. The second kappa shape index (κ2) is 6.20. The van der Waals surface area contributed by atoms with Crippen molar-refractivity contribution in [2.45, 2.75) is 19.4 Å². The van der Waals surface area contributed by atoms with Crippen LogP contribution in [0.5, 0.6) is 5.75 Å². The van der Waals surface area contributed by atoms with Crippen LogP contribution in [-0.4, -0.2) is 42.5 Å². The molecule has 1 amide bonds. The molecule has 0 aliphatic rings. The highest BCUT2D eigenvalue weighted by Crippen LogP contribution is 2.12. The van der Waals surface area contributed by atoms with Gasteiger partial charge in [-0.3, -0.25) is 9.78 Å². The van der Waals surface area contributed by atoms with Gasteiger partial charge in [0.15, 0.2) is 6.10 Å². The molecular formula is C12H19N3O2. The number of carbonyl (C=O) groups is 1. The molecule has 0 bridgehead atoms. The van der Waals surface area contributed by atoms with E-state index in [1.165, 1.54) is 4.90 Å². The molecule has 0 radical (unpaired) electrons. The van der Waals surface area contributed by atoms with E-state index in [4.69, 9.17) is 10.5 Å². The molecule has 5 heteroatoms. The second-order valence-electron chi connectivity index (χ2n) is 4.02. The zero-order valence-electron chi connectivity index (χ0n) is 10.5. The third-order valence-corrected chi connectivity index (χ3v) is 2.30. The first-order valence-electron chi connectivity index (χ1n) is 5.57. The van der Waals surface area contributed by atoms with Crippen molar-refractivity contribution >= 4 is 5.91 Å². The Balaban J connectivity index is 2.60. The van der Waals surface area contributed by atoms with Crippen molar-refractivity contribution in [1.82, 2.24) is 9.88 Å². The van der Waals surface area contributed by atoms with E-state index in [1.807, 2.05) is 6.07 Å². The summed E-state index contributed by atoms with van der Waals surface area (Å²) in [7, 11) is 3.40. The summed E-state index contributed by atoms with van der Waals surface area (Å²) in [6, 6.07) is 3.66. The number of hydrogen-bond acceptors (Lipinski definition) is 4. The summed E-state index contributed by atoms with van der Waals surface area (Å²) in [4.78, 5) is 17.3. The van der Waals surface area contributed by atoms with Gasteiger partial charge in [0.2, 0.25) is 0 Å². The van der Waals surface area contributed by atoms with Gasteiger partial charge < -0.3 is 15.4 Å². The monoisotopic (exact) mass is 237 g/mol. The van der Waals surface area contributed by atoms with Crippen LogP contribution in [0.4, 0.5) is 0 Å². The van der Waals surface area contributed by atoms with Gasteiger partial charge in [-0.1, -0.05) is 0 Å². The van der Waals surface area contributed by atoms with E-state index in [1.54, 1.807) is 33.3 Å². The van der Waals surface area contributed by atoms with Gasteiger partial charge in [0.25, 0.3) is 5.91 Å². The first kappa shape index (κ1) is 13.4. The van der Waals surface area contributed by atoms with Crippen LogP contribution in [0.15, 0.2) is 18.3 Å². The number of ether oxygens (including phenoxy) is 1. The molecule has 0 aliphatic heterocycles. The van der Waals surface area contributed by atoms with Crippen molar-refractivity contribution < 1.29 is 9.53 Å². The minimum Gasteiger partial charge on any atom is -0.479 e. The van der Waals surface area contributed by atoms with Crippen LogP contribution in [0.25, 0.3) is 0 Å². The Bertz CT molecular complexity index is 363. The highest BCUT2D eigenvalue weighted by molar-refractivity contribution is 5.80. The van der Waals surface area contributed by atoms with Crippen molar-refractivity contribution in [1.29, 1.82) is 0 Å². The molecule has 1 aromatic rings. The molecule has 1 aromatic heterocycles. The summed E-state index contributed by atoms with van der Waals surface area (Å²) in [5.41, 5.74) is 6.35. The van der Waals surface area contributed by atoms with E-state index in [9.17, 15) is 4.79 Å². The van der Waals surface area contributed by atoms with Crippen LogP contribution in [0.2, 0.25) is 0 Å². The molecule has 5 nitrogen and oxygen atoms in total.